The Morgan fingerprint density at radius 3 is 2.13 bits per heavy atom. The molecule has 0 saturated heterocycles. The highest BCUT2D eigenvalue weighted by atomic mass is 16.3. The number of pyridine rings is 1. The first kappa shape index (κ1) is 28.4. The van der Waals surface area contributed by atoms with Gasteiger partial charge in [0.05, 0.1) is 18.0 Å². The second-order valence-corrected chi connectivity index (χ2v) is 10.5. The van der Waals surface area contributed by atoms with Crippen LogP contribution in [0.3, 0.4) is 0 Å². The van der Waals surface area contributed by atoms with Gasteiger partial charge in [0, 0.05) is 53.2 Å². The van der Waals surface area contributed by atoms with Crippen molar-refractivity contribution in [3.8, 4) is 28.3 Å². The fourth-order valence-corrected chi connectivity index (χ4v) is 5.13. The van der Waals surface area contributed by atoms with Crippen LogP contribution in [-0.4, -0.2) is 82.0 Å². The number of hydrogen-bond acceptors (Lipinski definition) is 5. The van der Waals surface area contributed by atoms with E-state index in [-0.39, 0.29) is 12.4 Å². The number of rotatable bonds is 13. The number of aromatic hydroxyl groups is 1. The molecule has 3 aromatic heterocycles. The van der Waals surface area contributed by atoms with Gasteiger partial charge in [-0.1, -0.05) is 18.7 Å². The first-order valence-corrected chi connectivity index (χ1v) is 13.5. The van der Waals surface area contributed by atoms with E-state index in [1.807, 2.05) is 36.7 Å². The van der Waals surface area contributed by atoms with Gasteiger partial charge in [0.25, 0.3) is 0 Å². The second kappa shape index (κ2) is 12.9. The predicted octanol–water partition coefficient (Wildman–Crippen LogP) is 5.43. The van der Waals surface area contributed by atoms with Crippen molar-refractivity contribution in [3.63, 3.8) is 0 Å². The van der Waals surface area contributed by atoms with Crippen LogP contribution >= 0.6 is 0 Å². The Bertz CT molecular complexity index is 1440. The van der Waals surface area contributed by atoms with Gasteiger partial charge < -0.3 is 29.1 Å². The summed E-state index contributed by atoms with van der Waals surface area (Å²) in [6.45, 7) is 7.69. The van der Waals surface area contributed by atoms with E-state index in [1.165, 1.54) is 0 Å². The average molecular weight is 528 g/mol. The van der Waals surface area contributed by atoms with E-state index < -0.39 is 0 Å². The normalized spacial score (nSPS) is 12.0. The number of hydrogen-bond donors (Lipinski definition) is 2. The number of aryl methyl sites for hydroxylation is 1. The third kappa shape index (κ3) is 6.68. The lowest BCUT2D eigenvalue weighted by Crippen LogP contribution is -2.16. The van der Waals surface area contributed by atoms with Crippen molar-refractivity contribution in [2.45, 2.75) is 25.9 Å². The number of nitrogens with zero attached hydrogens (tertiary/aromatic N) is 5. The van der Waals surface area contributed by atoms with Crippen LogP contribution in [0.5, 0.6) is 5.75 Å². The minimum atomic E-state index is -0.0141. The van der Waals surface area contributed by atoms with Crippen LogP contribution in [0.2, 0.25) is 0 Å². The molecule has 0 fully saturated rings. The third-order valence-electron chi connectivity index (χ3n) is 6.96. The zero-order chi connectivity index (χ0) is 27.9. The monoisotopic (exact) mass is 527 g/mol. The second-order valence-electron chi connectivity index (χ2n) is 10.5. The smallest absolute Gasteiger partial charge is 0.116 e. The summed E-state index contributed by atoms with van der Waals surface area (Å²) in [6.07, 6.45) is 11.4. The number of benzene rings is 1. The van der Waals surface area contributed by atoms with Crippen LogP contribution in [0, 0.1) is 0 Å². The fraction of sp³-hybridized carbons (Fsp3) is 0.344. The van der Waals surface area contributed by atoms with Gasteiger partial charge in [-0.15, -0.1) is 0 Å². The highest BCUT2D eigenvalue weighted by Gasteiger charge is 2.17. The maximum absolute atomic E-state index is 10.1. The van der Waals surface area contributed by atoms with Crippen molar-refractivity contribution in [2.24, 2.45) is 0 Å². The molecular weight excluding hydrogens is 486 g/mol. The predicted molar refractivity (Wildman–Crippen MR) is 163 cm³/mol. The fourth-order valence-electron chi connectivity index (χ4n) is 5.13. The molecule has 0 aliphatic heterocycles. The van der Waals surface area contributed by atoms with Crippen molar-refractivity contribution in [2.75, 3.05) is 47.9 Å². The lowest BCUT2D eigenvalue weighted by atomic mass is 10.1. The summed E-state index contributed by atoms with van der Waals surface area (Å²) in [6, 6.07) is 12.1. The Morgan fingerprint density at radius 1 is 0.872 bits per heavy atom. The average Bonchev–Trinajstić information content (AvgIpc) is 3.44. The molecule has 0 unspecified atom stereocenters. The Balaban J connectivity index is 1.81. The van der Waals surface area contributed by atoms with Gasteiger partial charge in [0.15, 0.2) is 0 Å². The molecule has 39 heavy (non-hydrogen) atoms. The molecule has 0 radical (unpaired) electrons. The lowest BCUT2D eigenvalue weighted by Gasteiger charge is -2.16. The Labute approximate surface area is 231 Å². The van der Waals surface area contributed by atoms with Gasteiger partial charge in [-0.25, -0.2) is 0 Å². The summed E-state index contributed by atoms with van der Waals surface area (Å²) in [7, 11) is 8.36. The quantitative estimate of drug-likeness (QED) is 0.243. The molecule has 7 heteroatoms. The minimum absolute atomic E-state index is 0.0141. The highest BCUT2D eigenvalue weighted by molar-refractivity contribution is 5.88. The molecule has 0 spiro atoms. The van der Waals surface area contributed by atoms with Crippen molar-refractivity contribution in [1.82, 2.24) is 23.9 Å². The largest absolute Gasteiger partial charge is 0.508 e. The topological polar surface area (TPSA) is 69.7 Å². The zero-order valence-electron chi connectivity index (χ0n) is 23.6. The van der Waals surface area contributed by atoms with Gasteiger partial charge in [0.2, 0.25) is 0 Å². The number of aromatic nitrogens is 3. The zero-order valence-corrected chi connectivity index (χ0v) is 23.6. The molecule has 0 saturated carbocycles. The molecule has 3 heterocycles. The van der Waals surface area contributed by atoms with Crippen LogP contribution in [0.15, 0.2) is 61.4 Å². The highest BCUT2D eigenvalue weighted by Crippen LogP contribution is 2.34. The molecule has 2 N–H and O–H groups in total. The summed E-state index contributed by atoms with van der Waals surface area (Å²) in [4.78, 5) is 9.06. The molecule has 4 aromatic rings. The van der Waals surface area contributed by atoms with Crippen LogP contribution in [0.1, 0.15) is 24.1 Å². The molecular formula is C32H41N5O2. The number of fused-ring (bicyclic) bond motifs is 1. The van der Waals surface area contributed by atoms with Crippen molar-refractivity contribution in [1.29, 1.82) is 0 Å². The lowest BCUT2D eigenvalue weighted by molar-refractivity contribution is 0.343. The molecule has 0 aliphatic rings. The Morgan fingerprint density at radius 2 is 1.51 bits per heavy atom. The molecule has 7 nitrogen and oxygen atoms in total. The summed E-state index contributed by atoms with van der Waals surface area (Å²) in [5.41, 5.74) is 7.37. The van der Waals surface area contributed by atoms with Gasteiger partial charge in [-0.2, -0.15) is 0 Å². The molecule has 206 valence electrons. The van der Waals surface area contributed by atoms with Crippen molar-refractivity contribution < 1.29 is 10.2 Å². The third-order valence-corrected chi connectivity index (χ3v) is 6.96. The van der Waals surface area contributed by atoms with Crippen molar-refractivity contribution >= 4 is 23.1 Å². The van der Waals surface area contributed by atoms with Crippen LogP contribution < -0.4 is 0 Å². The Hall–Kier alpha value is -3.65. The molecule has 4 rings (SSSR count). The molecule has 0 aliphatic carbocycles. The van der Waals surface area contributed by atoms with E-state index in [2.05, 4.69) is 76.9 Å². The summed E-state index contributed by atoms with van der Waals surface area (Å²) >= 11 is 0. The van der Waals surface area contributed by atoms with E-state index in [1.54, 1.807) is 12.1 Å². The summed E-state index contributed by atoms with van der Waals surface area (Å²) < 4.78 is 4.64. The maximum Gasteiger partial charge on any atom is 0.116 e. The molecule has 1 aromatic carbocycles. The summed E-state index contributed by atoms with van der Waals surface area (Å²) in [5, 5.41) is 20.6. The van der Waals surface area contributed by atoms with Crippen LogP contribution in [-0.2, 0) is 13.1 Å². The molecule has 0 amide bonds. The van der Waals surface area contributed by atoms with Gasteiger partial charge in [-0.3, -0.25) is 4.98 Å². The van der Waals surface area contributed by atoms with Crippen LogP contribution in [0.25, 0.3) is 45.6 Å². The Kier molecular flexibility index (Phi) is 9.41. The minimum Gasteiger partial charge on any atom is -0.508 e. The summed E-state index contributed by atoms with van der Waals surface area (Å²) in [5.74, 6) is 0.266. The van der Waals surface area contributed by atoms with E-state index in [0.29, 0.717) is 0 Å². The number of phenols is 1. The van der Waals surface area contributed by atoms with E-state index >= 15 is 0 Å². The van der Waals surface area contributed by atoms with Gasteiger partial charge in [-0.05, 0) is 102 Å². The SMILES string of the molecule is C=Cc1cc(-c2cncc(-c3cc4cc(O)ccc4n3CCCN(C)C)c2)n(CCCN(C)C)c1/C=C\CO. The van der Waals surface area contributed by atoms with Crippen molar-refractivity contribution in [3.05, 3.63) is 72.7 Å². The van der Waals surface area contributed by atoms with E-state index in [4.69, 9.17) is 0 Å². The number of aliphatic hydroxyl groups excluding tert-OH is 1. The standard InChI is InChI=1S/C32H41N5O2/c1-6-24-20-31(36(15-8-13-34(2)3)29(24)10-7-17-38)26-18-27(23-33-22-26)32-21-25-19-28(39)11-12-30(25)37(32)16-9-14-35(4)5/h6-7,10-12,18-23,38-39H,1,8-9,13-17H2,2-5H3/b10-7-. The first-order chi connectivity index (χ1) is 18.8. The van der Waals surface area contributed by atoms with Crippen LogP contribution in [0.4, 0.5) is 0 Å². The van der Waals surface area contributed by atoms with E-state index in [0.717, 1.165) is 83.7 Å². The molecule has 0 bridgehead atoms. The number of aliphatic hydroxyl groups is 1. The first-order valence-electron chi connectivity index (χ1n) is 13.5. The maximum atomic E-state index is 10.1. The van der Waals surface area contributed by atoms with Gasteiger partial charge in [0.1, 0.15) is 5.75 Å². The molecule has 0 atom stereocenters. The van der Waals surface area contributed by atoms with Gasteiger partial charge >= 0.3 is 0 Å². The van der Waals surface area contributed by atoms with E-state index in [9.17, 15) is 10.2 Å². The number of phenolic OH excluding ortho intramolecular Hbond substituents is 1.